The normalized spacial score (nSPS) is 22.3. The zero-order valence-corrected chi connectivity index (χ0v) is 14.0. The average molecular weight is 374 g/mol. The molecule has 0 saturated heterocycles. The van der Waals surface area contributed by atoms with Gasteiger partial charge in [-0.3, -0.25) is 23.9 Å². The molecule has 0 aromatic carbocycles. The number of H-pyrrole nitrogens is 1. The first-order valence-electron chi connectivity index (χ1n) is 8.07. The Morgan fingerprint density at radius 1 is 1.31 bits per heavy atom. The first-order valence-corrected chi connectivity index (χ1v) is 8.07. The highest BCUT2D eigenvalue weighted by molar-refractivity contribution is 6.07. The number of hydrogen-bond acceptors (Lipinski definition) is 4. The number of hydrogen-bond donors (Lipinski definition) is 3. The maximum absolute atomic E-state index is 13.9. The molecular formula is C15H17F3N4O4. The number of nitrogens with one attached hydrogen (secondary N) is 3. The number of carbonyl (C=O) groups excluding carboxylic acids is 2. The van der Waals surface area contributed by atoms with Gasteiger partial charge in [-0.25, -0.2) is 4.79 Å². The molecule has 0 spiro atoms. The molecule has 2 amide bonds. The fourth-order valence-electron chi connectivity index (χ4n) is 3.00. The summed E-state index contributed by atoms with van der Waals surface area (Å²) >= 11 is 0. The van der Waals surface area contributed by atoms with Gasteiger partial charge >= 0.3 is 11.9 Å². The number of rotatable bonds is 4. The van der Waals surface area contributed by atoms with Gasteiger partial charge < -0.3 is 10.6 Å². The molecule has 3 N–H and O–H groups in total. The molecule has 11 heteroatoms. The quantitative estimate of drug-likeness (QED) is 0.709. The molecule has 2 aliphatic rings. The van der Waals surface area contributed by atoms with Crippen LogP contribution in [0.4, 0.5) is 19.0 Å². The second-order valence-corrected chi connectivity index (χ2v) is 6.95. The second kappa shape index (κ2) is 5.71. The lowest BCUT2D eigenvalue weighted by Crippen LogP contribution is -2.62. The van der Waals surface area contributed by atoms with Gasteiger partial charge in [0.15, 0.2) is 0 Å². The topological polar surface area (TPSA) is 113 Å². The van der Waals surface area contributed by atoms with Crippen LogP contribution in [0, 0.1) is 11.8 Å². The number of aromatic amines is 1. The van der Waals surface area contributed by atoms with Crippen LogP contribution in [-0.4, -0.2) is 27.5 Å². The lowest BCUT2D eigenvalue weighted by atomic mass is 9.91. The number of aromatic nitrogens is 2. The van der Waals surface area contributed by atoms with Crippen molar-refractivity contribution in [2.45, 2.75) is 44.9 Å². The molecule has 1 aromatic rings. The Hall–Kier alpha value is -2.59. The molecule has 26 heavy (non-hydrogen) atoms. The van der Waals surface area contributed by atoms with E-state index in [2.05, 4.69) is 0 Å². The van der Waals surface area contributed by atoms with Crippen molar-refractivity contribution in [1.82, 2.24) is 14.9 Å². The van der Waals surface area contributed by atoms with Crippen molar-refractivity contribution in [3.63, 3.8) is 0 Å². The summed E-state index contributed by atoms with van der Waals surface area (Å²) in [6.45, 7) is 3.40. The summed E-state index contributed by atoms with van der Waals surface area (Å²) in [5.41, 5.74) is -6.84. The van der Waals surface area contributed by atoms with Crippen LogP contribution in [0.15, 0.2) is 9.59 Å². The number of nitrogens with zero attached hydrogens (tertiary/aromatic N) is 1. The third kappa shape index (κ3) is 2.61. The summed E-state index contributed by atoms with van der Waals surface area (Å²) < 4.78 is 42.7. The van der Waals surface area contributed by atoms with Crippen LogP contribution in [-0.2, 0) is 21.7 Å². The van der Waals surface area contributed by atoms with Crippen molar-refractivity contribution >= 4 is 17.6 Å². The minimum atomic E-state index is -5.28. The SMILES string of the molecule is CC(C)Cn1c2c(c(=O)[nH]c1=O)C(NC(=O)C1CC1)(C(F)(F)F)C(=O)N2. The van der Waals surface area contributed by atoms with Gasteiger partial charge in [-0.15, -0.1) is 0 Å². The minimum Gasteiger partial charge on any atom is -0.330 e. The zero-order chi connectivity index (χ0) is 19.4. The summed E-state index contributed by atoms with van der Waals surface area (Å²) in [5.74, 6) is -3.87. The Bertz CT molecular complexity index is 898. The van der Waals surface area contributed by atoms with E-state index in [9.17, 15) is 32.3 Å². The Morgan fingerprint density at radius 2 is 1.92 bits per heavy atom. The van der Waals surface area contributed by atoms with Gasteiger partial charge in [0.1, 0.15) is 11.4 Å². The third-order valence-corrected chi connectivity index (χ3v) is 4.38. The molecule has 1 unspecified atom stereocenters. The molecule has 1 aliphatic carbocycles. The molecule has 2 heterocycles. The number of fused-ring (bicyclic) bond motifs is 1. The van der Waals surface area contributed by atoms with Crippen molar-refractivity contribution in [2.75, 3.05) is 5.32 Å². The lowest BCUT2D eigenvalue weighted by molar-refractivity contribution is -0.201. The monoisotopic (exact) mass is 374 g/mol. The molecule has 1 atom stereocenters. The third-order valence-electron chi connectivity index (χ3n) is 4.38. The van der Waals surface area contributed by atoms with Crippen molar-refractivity contribution in [3.8, 4) is 0 Å². The molecule has 142 valence electrons. The number of carbonyl (C=O) groups is 2. The van der Waals surface area contributed by atoms with E-state index in [1.165, 1.54) is 0 Å². The molecule has 0 radical (unpaired) electrons. The Labute approximate surface area is 144 Å². The number of amides is 2. The molecule has 1 aromatic heterocycles. The molecule has 1 saturated carbocycles. The van der Waals surface area contributed by atoms with Gasteiger partial charge in [0.25, 0.3) is 11.5 Å². The van der Waals surface area contributed by atoms with Crippen LogP contribution >= 0.6 is 0 Å². The van der Waals surface area contributed by atoms with Gasteiger partial charge in [0.2, 0.25) is 11.4 Å². The number of alkyl halides is 3. The summed E-state index contributed by atoms with van der Waals surface area (Å²) in [6, 6.07) is 0. The van der Waals surface area contributed by atoms with E-state index in [1.807, 2.05) is 10.3 Å². The van der Waals surface area contributed by atoms with E-state index >= 15 is 0 Å². The lowest BCUT2D eigenvalue weighted by Gasteiger charge is -2.30. The van der Waals surface area contributed by atoms with E-state index < -0.39 is 52.1 Å². The van der Waals surface area contributed by atoms with Gasteiger partial charge in [0.05, 0.1) is 0 Å². The van der Waals surface area contributed by atoms with Crippen LogP contribution < -0.4 is 21.9 Å². The maximum atomic E-state index is 13.9. The predicted molar refractivity (Wildman–Crippen MR) is 83.4 cm³/mol. The summed E-state index contributed by atoms with van der Waals surface area (Å²) in [6.07, 6.45) is -4.45. The largest absolute Gasteiger partial charge is 0.425 e. The molecule has 1 fully saturated rings. The van der Waals surface area contributed by atoms with Crippen LogP contribution in [0.3, 0.4) is 0 Å². The van der Waals surface area contributed by atoms with Gasteiger partial charge in [0, 0.05) is 12.5 Å². The smallest absolute Gasteiger partial charge is 0.330 e. The molecule has 0 bridgehead atoms. The zero-order valence-electron chi connectivity index (χ0n) is 14.0. The fraction of sp³-hybridized carbons (Fsp3) is 0.600. The Morgan fingerprint density at radius 3 is 2.42 bits per heavy atom. The Kier molecular flexibility index (Phi) is 4.00. The van der Waals surface area contributed by atoms with Crippen molar-refractivity contribution < 1.29 is 22.8 Å². The van der Waals surface area contributed by atoms with E-state index in [0.717, 1.165) is 4.57 Å². The van der Waals surface area contributed by atoms with Crippen molar-refractivity contribution in [2.24, 2.45) is 11.8 Å². The summed E-state index contributed by atoms with van der Waals surface area (Å²) in [5, 5.41) is 3.71. The summed E-state index contributed by atoms with van der Waals surface area (Å²) in [7, 11) is 0. The standard InChI is InChI=1S/C15H17F3N4O4/c1-6(2)5-22-9-8(11(24)20-13(22)26)14(12(25)19-9,15(16,17)18)21-10(23)7-3-4-7/h6-7H,3-5H2,1-2H3,(H,19,25)(H,21,23)(H,20,24,26). The van der Waals surface area contributed by atoms with E-state index in [1.54, 1.807) is 19.2 Å². The second-order valence-electron chi connectivity index (χ2n) is 6.95. The molecule has 3 rings (SSSR count). The number of halogens is 3. The van der Waals surface area contributed by atoms with Crippen LogP contribution in [0.25, 0.3) is 0 Å². The van der Waals surface area contributed by atoms with Crippen LogP contribution in [0.2, 0.25) is 0 Å². The predicted octanol–water partition coefficient (Wildman–Crippen LogP) is 0.428. The van der Waals surface area contributed by atoms with Crippen LogP contribution in [0.1, 0.15) is 32.3 Å². The van der Waals surface area contributed by atoms with Gasteiger partial charge in [-0.05, 0) is 18.8 Å². The van der Waals surface area contributed by atoms with Crippen molar-refractivity contribution in [3.05, 3.63) is 26.4 Å². The number of anilines is 1. The fourth-order valence-corrected chi connectivity index (χ4v) is 3.00. The minimum absolute atomic E-state index is 0.0251. The first-order chi connectivity index (χ1) is 12.0. The van der Waals surface area contributed by atoms with Crippen molar-refractivity contribution in [1.29, 1.82) is 0 Å². The molecule has 1 aliphatic heterocycles. The highest BCUT2D eigenvalue weighted by Crippen LogP contribution is 2.45. The summed E-state index contributed by atoms with van der Waals surface area (Å²) in [4.78, 5) is 50.5. The van der Waals surface area contributed by atoms with E-state index in [-0.39, 0.29) is 12.5 Å². The molecular weight excluding hydrogens is 357 g/mol. The Balaban J connectivity index is 2.26. The van der Waals surface area contributed by atoms with Gasteiger partial charge in [-0.2, -0.15) is 13.2 Å². The first kappa shape index (κ1) is 18.2. The maximum Gasteiger partial charge on any atom is 0.425 e. The average Bonchev–Trinajstić information content (AvgIpc) is 3.28. The molecule has 8 nitrogen and oxygen atoms in total. The van der Waals surface area contributed by atoms with Crippen LogP contribution in [0.5, 0.6) is 0 Å². The van der Waals surface area contributed by atoms with E-state index in [0.29, 0.717) is 12.8 Å². The van der Waals surface area contributed by atoms with E-state index in [4.69, 9.17) is 0 Å². The highest BCUT2D eigenvalue weighted by Gasteiger charge is 2.68. The highest BCUT2D eigenvalue weighted by atomic mass is 19.4. The van der Waals surface area contributed by atoms with Gasteiger partial charge in [-0.1, -0.05) is 13.8 Å².